The molecule has 21 heavy (non-hydrogen) atoms. The summed E-state index contributed by atoms with van der Waals surface area (Å²) in [4.78, 5) is 16.2. The largest absolute Gasteiger partial charge is 0.272 e. The maximum Gasteiger partial charge on any atom is 0.272 e. The van der Waals surface area contributed by atoms with Crippen LogP contribution in [0.1, 0.15) is 0 Å². The van der Waals surface area contributed by atoms with E-state index >= 15 is 0 Å². The Hall–Kier alpha value is -2.33. The topological polar surface area (TPSA) is 115 Å². The molecule has 0 amide bonds. The molecule has 0 radical (unpaired) electrons. The summed E-state index contributed by atoms with van der Waals surface area (Å²) in [5.74, 6) is -1.42. The zero-order valence-electron chi connectivity index (χ0n) is 10.0. The summed E-state index contributed by atoms with van der Waals surface area (Å²) in [6, 6.07) is 2.19. The maximum atomic E-state index is 13.7. The number of rotatable bonds is 4. The van der Waals surface area contributed by atoms with Gasteiger partial charge in [-0.3, -0.25) is 14.8 Å². The average molecular weight is 333 g/mol. The molecular weight excluding hydrogens is 327 g/mol. The van der Waals surface area contributed by atoms with Gasteiger partial charge in [0.25, 0.3) is 15.7 Å². The van der Waals surface area contributed by atoms with Crippen LogP contribution in [0.25, 0.3) is 0 Å². The lowest BCUT2D eigenvalue weighted by Gasteiger charge is -2.07. The van der Waals surface area contributed by atoms with Crippen molar-refractivity contribution in [3.63, 3.8) is 0 Å². The number of nitro benzene ring substituents is 1. The normalized spacial score (nSPS) is 11.1. The van der Waals surface area contributed by atoms with E-state index in [1.807, 2.05) is 4.72 Å². The smallest absolute Gasteiger partial charge is 0.262 e. The fourth-order valence-corrected chi connectivity index (χ4v) is 2.53. The third-order valence-electron chi connectivity index (χ3n) is 2.28. The summed E-state index contributed by atoms with van der Waals surface area (Å²) in [5, 5.41) is 10.5. The van der Waals surface area contributed by atoms with Crippen molar-refractivity contribution in [1.82, 2.24) is 9.97 Å². The number of nitro groups is 1. The Morgan fingerprint density at radius 2 is 2.00 bits per heavy atom. The van der Waals surface area contributed by atoms with Crippen LogP contribution in [0.5, 0.6) is 0 Å². The van der Waals surface area contributed by atoms with Gasteiger partial charge >= 0.3 is 0 Å². The average Bonchev–Trinajstić information content (AvgIpc) is 2.40. The van der Waals surface area contributed by atoms with Crippen LogP contribution in [0.2, 0.25) is 5.15 Å². The fourth-order valence-electron chi connectivity index (χ4n) is 1.38. The summed E-state index contributed by atoms with van der Waals surface area (Å²) in [7, 11) is -4.29. The third-order valence-corrected chi connectivity index (χ3v) is 3.86. The highest BCUT2D eigenvalue weighted by Crippen LogP contribution is 2.22. The summed E-state index contributed by atoms with van der Waals surface area (Å²) in [6.07, 6.45) is 2.15. The van der Waals surface area contributed by atoms with Gasteiger partial charge in [-0.05, 0) is 6.07 Å². The summed E-state index contributed by atoms with van der Waals surface area (Å²) in [6.45, 7) is 0. The van der Waals surface area contributed by atoms with Crippen LogP contribution >= 0.6 is 11.6 Å². The molecule has 0 spiro atoms. The van der Waals surface area contributed by atoms with Crippen molar-refractivity contribution < 1.29 is 17.7 Å². The molecule has 0 saturated heterocycles. The number of nitrogens with zero attached hydrogens (tertiary/aromatic N) is 3. The zero-order chi connectivity index (χ0) is 15.6. The molecule has 0 aliphatic heterocycles. The number of sulfonamides is 1. The van der Waals surface area contributed by atoms with Gasteiger partial charge in [0.05, 0.1) is 23.4 Å². The first-order chi connectivity index (χ1) is 9.79. The number of hydrogen-bond acceptors (Lipinski definition) is 6. The second kappa shape index (κ2) is 5.58. The van der Waals surface area contributed by atoms with Crippen molar-refractivity contribution in [3.8, 4) is 0 Å². The number of halogens is 2. The van der Waals surface area contributed by atoms with Gasteiger partial charge in [0.15, 0.2) is 11.6 Å². The molecule has 2 rings (SSSR count). The van der Waals surface area contributed by atoms with Gasteiger partial charge < -0.3 is 0 Å². The van der Waals surface area contributed by atoms with Crippen LogP contribution in [0, 0.1) is 15.9 Å². The van der Waals surface area contributed by atoms with E-state index in [1.54, 1.807) is 0 Å². The van der Waals surface area contributed by atoms with E-state index in [9.17, 15) is 22.9 Å². The van der Waals surface area contributed by atoms with E-state index < -0.39 is 31.3 Å². The number of benzene rings is 1. The molecule has 0 bridgehead atoms. The molecule has 0 aliphatic carbocycles. The quantitative estimate of drug-likeness (QED) is 0.676. The number of aromatic nitrogens is 2. The van der Waals surface area contributed by atoms with Gasteiger partial charge in [-0.15, -0.1) is 0 Å². The minimum absolute atomic E-state index is 0.0551. The van der Waals surface area contributed by atoms with Crippen molar-refractivity contribution >= 4 is 33.1 Å². The fraction of sp³-hybridized carbons (Fsp3) is 0. The second-order valence-electron chi connectivity index (χ2n) is 3.70. The Kier molecular flexibility index (Phi) is 4.00. The number of hydrogen-bond donors (Lipinski definition) is 1. The van der Waals surface area contributed by atoms with E-state index in [1.165, 1.54) is 0 Å². The molecule has 110 valence electrons. The van der Waals surface area contributed by atoms with Gasteiger partial charge in [0.2, 0.25) is 0 Å². The third kappa shape index (κ3) is 3.41. The first-order valence-electron chi connectivity index (χ1n) is 5.24. The molecule has 11 heteroatoms. The Balaban J connectivity index is 2.35. The molecule has 0 saturated carbocycles. The summed E-state index contributed by atoms with van der Waals surface area (Å²) < 4.78 is 39.6. The van der Waals surface area contributed by atoms with E-state index in [0.29, 0.717) is 6.07 Å². The first kappa shape index (κ1) is 15.1. The van der Waals surface area contributed by atoms with E-state index in [4.69, 9.17) is 11.6 Å². The van der Waals surface area contributed by atoms with Crippen molar-refractivity contribution in [2.45, 2.75) is 4.90 Å². The summed E-state index contributed by atoms with van der Waals surface area (Å²) in [5.41, 5.74) is -0.558. The predicted octanol–water partition coefficient (Wildman–Crippen LogP) is 1.98. The Labute approximate surface area is 122 Å². The van der Waals surface area contributed by atoms with Crippen LogP contribution in [-0.4, -0.2) is 23.3 Å². The van der Waals surface area contributed by atoms with Crippen LogP contribution in [0.15, 0.2) is 35.5 Å². The first-order valence-corrected chi connectivity index (χ1v) is 7.10. The monoisotopic (exact) mass is 332 g/mol. The summed E-state index contributed by atoms with van der Waals surface area (Å²) >= 11 is 5.50. The molecule has 2 aromatic rings. The number of nitrogens with one attached hydrogen (secondary N) is 1. The van der Waals surface area contributed by atoms with Gasteiger partial charge in [-0.1, -0.05) is 11.6 Å². The lowest BCUT2D eigenvalue weighted by atomic mass is 10.3. The molecule has 1 aromatic heterocycles. The standard InChI is InChI=1S/C10H6ClFN4O4S/c11-9-4-14-10(5-13-9)15-21(19,20)8-2-1-6(16(17)18)3-7(8)12/h1-5H,(H,14,15). The molecule has 8 nitrogen and oxygen atoms in total. The van der Waals surface area contributed by atoms with E-state index in [-0.39, 0.29) is 11.0 Å². The molecule has 0 aliphatic rings. The molecule has 0 fully saturated rings. The molecule has 0 atom stereocenters. The second-order valence-corrected chi connectivity index (χ2v) is 5.74. The number of anilines is 1. The zero-order valence-corrected chi connectivity index (χ0v) is 11.6. The minimum Gasteiger partial charge on any atom is -0.262 e. The lowest BCUT2D eigenvalue weighted by molar-refractivity contribution is -0.385. The van der Waals surface area contributed by atoms with Gasteiger partial charge in [0.1, 0.15) is 10.0 Å². The Bertz CT molecular complexity index is 797. The lowest BCUT2D eigenvalue weighted by Crippen LogP contribution is -2.15. The van der Waals surface area contributed by atoms with Crippen molar-refractivity contribution in [2.75, 3.05) is 4.72 Å². The number of non-ortho nitro benzene ring substituents is 1. The Morgan fingerprint density at radius 3 is 2.52 bits per heavy atom. The predicted molar refractivity (Wildman–Crippen MR) is 70.9 cm³/mol. The molecule has 1 N–H and O–H groups in total. The molecular formula is C10H6ClFN4O4S. The van der Waals surface area contributed by atoms with Crippen molar-refractivity contribution in [2.24, 2.45) is 0 Å². The van der Waals surface area contributed by atoms with Crippen LogP contribution in [0.4, 0.5) is 15.9 Å². The maximum absolute atomic E-state index is 13.7. The highest BCUT2D eigenvalue weighted by Gasteiger charge is 2.22. The van der Waals surface area contributed by atoms with Crippen LogP contribution in [-0.2, 0) is 10.0 Å². The van der Waals surface area contributed by atoms with E-state index in [2.05, 4.69) is 9.97 Å². The van der Waals surface area contributed by atoms with Crippen molar-refractivity contribution in [1.29, 1.82) is 0 Å². The SMILES string of the molecule is O=[N+]([O-])c1ccc(S(=O)(=O)Nc2cnc(Cl)cn2)c(F)c1. The molecule has 1 heterocycles. The van der Waals surface area contributed by atoms with Crippen LogP contribution in [0.3, 0.4) is 0 Å². The van der Waals surface area contributed by atoms with Crippen molar-refractivity contribution in [3.05, 3.63) is 51.7 Å². The van der Waals surface area contributed by atoms with Gasteiger partial charge in [-0.2, -0.15) is 0 Å². The highest BCUT2D eigenvalue weighted by molar-refractivity contribution is 7.92. The van der Waals surface area contributed by atoms with Crippen LogP contribution < -0.4 is 4.72 Å². The van der Waals surface area contributed by atoms with E-state index in [0.717, 1.165) is 24.5 Å². The van der Waals surface area contributed by atoms with Gasteiger partial charge in [-0.25, -0.2) is 22.8 Å². The van der Waals surface area contributed by atoms with Gasteiger partial charge in [0, 0.05) is 6.07 Å². The minimum atomic E-state index is -4.29. The Morgan fingerprint density at radius 1 is 1.29 bits per heavy atom. The molecule has 0 unspecified atom stereocenters. The molecule has 1 aromatic carbocycles. The highest BCUT2D eigenvalue weighted by atomic mass is 35.5.